The molecule has 0 saturated carbocycles. The van der Waals surface area contributed by atoms with Crippen LogP contribution in [0, 0.1) is 0 Å². The molecule has 0 saturated heterocycles. The molecule has 2 aromatic rings. The van der Waals surface area contributed by atoms with Crippen LogP contribution in [0.4, 0.5) is 11.4 Å². The van der Waals surface area contributed by atoms with Crippen LogP contribution in [0.2, 0.25) is 0 Å². The molecule has 30 heavy (non-hydrogen) atoms. The Labute approximate surface area is 186 Å². The Morgan fingerprint density at radius 1 is 0.833 bits per heavy atom. The van der Waals surface area contributed by atoms with Crippen LogP contribution >= 0.6 is 11.8 Å². The van der Waals surface area contributed by atoms with E-state index in [-0.39, 0.29) is 0 Å². The number of anilines is 2. The van der Waals surface area contributed by atoms with Crippen LogP contribution in [0.3, 0.4) is 0 Å². The van der Waals surface area contributed by atoms with E-state index in [0.717, 1.165) is 21.2 Å². The van der Waals surface area contributed by atoms with Gasteiger partial charge in [-0.25, -0.2) is 0 Å². The van der Waals surface area contributed by atoms with Crippen molar-refractivity contribution in [3.8, 4) is 0 Å². The number of hydrogen-bond acceptors (Lipinski definition) is 6. The van der Waals surface area contributed by atoms with Crippen molar-refractivity contribution < 1.29 is 10.2 Å². The molecule has 6 heteroatoms. The monoisotopic (exact) mass is 431 g/mol. The first-order chi connectivity index (χ1) is 14.5. The van der Waals surface area contributed by atoms with Crippen molar-refractivity contribution in [1.29, 1.82) is 0 Å². The highest BCUT2D eigenvalue weighted by Gasteiger charge is 2.32. The number of aliphatic hydroxyl groups excluding tert-OH is 2. The highest BCUT2D eigenvalue weighted by molar-refractivity contribution is 7.99. The lowest BCUT2D eigenvalue weighted by atomic mass is 10.2. The number of aliphatic hydroxyl groups is 2. The molecular formula is C24H37N3O2S. The van der Waals surface area contributed by atoms with Gasteiger partial charge in [-0.1, -0.05) is 62.7 Å². The maximum Gasteiger partial charge on any atom is 0.124 e. The number of hydrazine groups is 1. The smallest absolute Gasteiger partial charge is 0.124 e. The topological polar surface area (TPSA) is 59.0 Å². The van der Waals surface area contributed by atoms with E-state index in [1.54, 1.807) is 30.6 Å². The zero-order valence-electron chi connectivity index (χ0n) is 18.7. The van der Waals surface area contributed by atoms with Gasteiger partial charge in [0.25, 0.3) is 0 Å². The first-order valence-electron chi connectivity index (χ1n) is 11.0. The molecular weight excluding hydrogens is 394 g/mol. The van der Waals surface area contributed by atoms with E-state index in [2.05, 4.69) is 19.2 Å². The van der Waals surface area contributed by atoms with Gasteiger partial charge in [0.15, 0.2) is 0 Å². The van der Waals surface area contributed by atoms with Crippen molar-refractivity contribution in [3.05, 3.63) is 48.5 Å². The molecule has 1 aliphatic rings. The predicted octanol–water partition coefficient (Wildman–Crippen LogP) is 5.36. The number of fused-ring (bicyclic) bond motifs is 2. The van der Waals surface area contributed by atoms with Gasteiger partial charge in [-0.3, -0.25) is 5.01 Å². The highest BCUT2D eigenvalue weighted by Crippen LogP contribution is 2.48. The minimum absolute atomic E-state index is 0.811. The molecule has 166 valence electrons. The molecule has 0 amide bonds. The molecule has 0 aromatic heterocycles. The zero-order valence-corrected chi connectivity index (χ0v) is 19.5. The van der Waals surface area contributed by atoms with Gasteiger partial charge in [0.05, 0.1) is 11.4 Å². The Bertz CT molecular complexity index is 695. The van der Waals surface area contributed by atoms with Crippen LogP contribution in [0.1, 0.15) is 53.4 Å². The van der Waals surface area contributed by atoms with Gasteiger partial charge >= 0.3 is 0 Å². The van der Waals surface area contributed by atoms with Gasteiger partial charge in [0, 0.05) is 9.79 Å². The summed E-state index contributed by atoms with van der Waals surface area (Å²) in [5.74, 6) is 0. The predicted molar refractivity (Wildman–Crippen MR) is 127 cm³/mol. The minimum Gasteiger partial charge on any atom is -0.377 e. The van der Waals surface area contributed by atoms with Crippen molar-refractivity contribution in [2.45, 2.75) is 75.6 Å². The number of rotatable bonds is 9. The second kappa shape index (κ2) is 13.0. The molecule has 0 radical (unpaired) electrons. The number of unbranched alkanes of at least 4 members (excludes halogenated alkanes) is 2. The standard InChI is InChI=1S/C16H18N2O2S.C8H19N/c1-11(19)17(12(2)20)18-13-7-3-5-9-15(13)21-16-10-6-4-8-14(16)18;1-3-5-7-9-8-6-4-2/h3-12,19-20H,1-2H3;9H,3-8H2,1-2H3. The third-order valence-electron chi connectivity index (χ3n) is 4.82. The van der Waals surface area contributed by atoms with Crippen LogP contribution < -0.4 is 10.3 Å². The molecule has 2 aromatic carbocycles. The van der Waals surface area contributed by atoms with Gasteiger partial charge in [-0.05, 0) is 64.0 Å². The second-order valence-corrected chi connectivity index (χ2v) is 8.53. The van der Waals surface area contributed by atoms with Crippen molar-refractivity contribution in [2.24, 2.45) is 0 Å². The lowest BCUT2D eigenvalue weighted by molar-refractivity contribution is -0.0848. The van der Waals surface area contributed by atoms with Gasteiger partial charge in [0.2, 0.25) is 0 Å². The number of hydrogen-bond donors (Lipinski definition) is 3. The molecule has 2 atom stereocenters. The second-order valence-electron chi connectivity index (χ2n) is 7.45. The van der Waals surface area contributed by atoms with E-state index in [1.165, 1.54) is 38.8 Å². The fourth-order valence-corrected chi connectivity index (χ4v) is 4.36. The van der Waals surface area contributed by atoms with Crippen LogP contribution in [0.25, 0.3) is 0 Å². The van der Waals surface area contributed by atoms with Gasteiger partial charge in [-0.2, -0.15) is 5.01 Å². The Kier molecular flexibility index (Phi) is 10.7. The van der Waals surface area contributed by atoms with Crippen LogP contribution in [0.15, 0.2) is 58.3 Å². The summed E-state index contributed by atoms with van der Waals surface area (Å²) in [5.41, 5.74) is 1.92. The van der Waals surface area contributed by atoms with Gasteiger partial charge in [0.1, 0.15) is 12.5 Å². The molecule has 0 fully saturated rings. The number of nitrogens with zero attached hydrogens (tertiary/aromatic N) is 2. The summed E-state index contributed by atoms with van der Waals surface area (Å²) >= 11 is 1.70. The molecule has 5 nitrogen and oxygen atoms in total. The molecule has 1 aliphatic heterocycles. The lowest BCUT2D eigenvalue weighted by Crippen LogP contribution is -2.51. The van der Waals surface area contributed by atoms with Crippen LogP contribution in [-0.4, -0.2) is 40.8 Å². The van der Waals surface area contributed by atoms with E-state index in [1.807, 2.05) is 53.5 Å². The largest absolute Gasteiger partial charge is 0.377 e. The summed E-state index contributed by atoms with van der Waals surface area (Å²) in [7, 11) is 0. The Hall–Kier alpha value is -1.57. The summed E-state index contributed by atoms with van der Waals surface area (Å²) in [6.07, 6.45) is 3.63. The van der Waals surface area contributed by atoms with E-state index in [0.29, 0.717) is 0 Å². The first-order valence-corrected chi connectivity index (χ1v) is 11.8. The SMILES string of the molecule is CC(O)N(C(C)O)N1c2ccccc2Sc2ccccc21.CCCCNCCCC. The minimum atomic E-state index is -0.811. The molecule has 0 aliphatic carbocycles. The lowest BCUT2D eigenvalue weighted by Gasteiger charge is -2.43. The quantitative estimate of drug-likeness (QED) is 0.367. The summed E-state index contributed by atoms with van der Waals surface area (Å²) < 4.78 is 0. The van der Waals surface area contributed by atoms with Gasteiger partial charge < -0.3 is 15.5 Å². The maximum absolute atomic E-state index is 10.1. The third-order valence-corrected chi connectivity index (χ3v) is 5.95. The van der Waals surface area contributed by atoms with E-state index < -0.39 is 12.5 Å². The van der Waals surface area contributed by atoms with E-state index in [9.17, 15) is 10.2 Å². The Morgan fingerprint density at radius 3 is 1.67 bits per heavy atom. The summed E-state index contributed by atoms with van der Waals surface area (Å²) in [4.78, 5) is 2.20. The van der Waals surface area contributed by atoms with Crippen molar-refractivity contribution in [1.82, 2.24) is 10.3 Å². The fraction of sp³-hybridized carbons (Fsp3) is 0.500. The Morgan fingerprint density at radius 2 is 1.27 bits per heavy atom. The number of benzene rings is 2. The molecule has 0 bridgehead atoms. The average Bonchev–Trinajstić information content (AvgIpc) is 2.73. The number of para-hydroxylation sites is 2. The first kappa shape index (κ1) is 24.7. The molecule has 0 spiro atoms. The average molecular weight is 432 g/mol. The zero-order chi connectivity index (χ0) is 21.9. The van der Waals surface area contributed by atoms with E-state index >= 15 is 0 Å². The number of nitrogens with one attached hydrogen (secondary N) is 1. The fourth-order valence-electron chi connectivity index (χ4n) is 3.31. The summed E-state index contributed by atoms with van der Waals surface area (Å²) in [6.45, 7) is 10.2. The molecule has 2 unspecified atom stereocenters. The van der Waals surface area contributed by atoms with Crippen LogP contribution in [0.5, 0.6) is 0 Å². The normalized spacial score (nSPS) is 14.4. The summed E-state index contributed by atoms with van der Waals surface area (Å²) in [6, 6.07) is 16.0. The third kappa shape index (κ3) is 6.72. The van der Waals surface area contributed by atoms with E-state index in [4.69, 9.17) is 0 Å². The van der Waals surface area contributed by atoms with Gasteiger partial charge in [-0.15, -0.1) is 0 Å². The Balaban J connectivity index is 0.000000303. The highest BCUT2D eigenvalue weighted by atomic mass is 32.2. The molecule has 3 rings (SSSR count). The maximum atomic E-state index is 10.1. The van der Waals surface area contributed by atoms with Crippen molar-refractivity contribution in [2.75, 3.05) is 18.1 Å². The summed E-state index contributed by atoms with van der Waals surface area (Å²) in [5, 5.41) is 27.1. The van der Waals surface area contributed by atoms with Crippen molar-refractivity contribution >= 4 is 23.1 Å². The molecule has 1 heterocycles. The van der Waals surface area contributed by atoms with Crippen molar-refractivity contribution in [3.63, 3.8) is 0 Å². The van der Waals surface area contributed by atoms with Crippen LogP contribution in [-0.2, 0) is 0 Å². The molecule has 3 N–H and O–H groups in total.